The summed E-state index contributed by atoms with van der Waals surface area (Å²) in [7, 11) is 0. The van der Waals surface area contributed by atoms with Crippen LogP contribution in [-0.4, -0.2) is 15.7 Å². The molecule has 144 valence electrons. The van der Waals surface area contributed by atoms with Crippen molar-refractivity contribution in [3.05, 3.63) is 47.8 Å². The summed E-state index contributed by atoms with van der Waals surface area (Å²) in [6.45, 7) is 7.06. The average Bonchev–Trinajstić information content (AvgIpc) is 3.00. The lowest BCUT2D eigenvalue weighted by atomic mass is 9.46. The van der Waals surface area contributed by atoms with Crippen molar-refractivity contribution >= 4 is 5.57 Å². The van der Waals surface area contributed by atoms with E-state index in [1.165, 1.54) is 31.2 Å². The predicted molar refractivity (Wildman–Crippen MR) is 110 cm³/mol. The maximum Gasteiger partial charge on any atom is 0.0657 e. The van der Waals surface area contributed by atoms with Gasteiger partial charge in [-0.1, -0.05) is 37.6 Å². The number of rotatable bonds is 1. The van der Waals surface area contributed by atoms with E-state index in [-0.39, 0.29) is 0 Å². The number of hydrogen-bond acceptors (Lipinski definition) is 2. The van der Waals surface area contributed by atoms with Gasteiger partial charge in [-0.05, 0) is 97.7 Å². The number of fused-ring (bicyclic) bond motifs is 5. The molecule has 27 heavy (non-hydrogen) atoms. The first kappa shape index (κ1) is 17.7. The van der Waals surface area contributed by atoms with Crippen molar-refractivity contribution in [2.75, 3.05) is 0 Å². The van der Waals surface area contributed by atoms with Crippen LogP contribution in [0.3, 0.4) is 0 Å². The maximum atomic E-state index is 10.6. The van der Waals surface area contributed by atoms with Gasteiger partial charge in [0.25, 0.3) is 0 Å². The second-order valence-electron chi connectivity index (χ2n) is 10.5. The highest BCUT2D eigenvalue weighted by atomic mass is 16.3. The Morgan fingerprint density at radius 2 is 1.85 bits per heavy atom. The van der Waals surface area contributed by atoms with Gasteiger partial charge in [-0.15, -0.1) is 0 Å². The Kier molecular flexibility index (Phi) is 3.79. The number of nitrogens with zero attached hydrogens (tertiary/aromatic N) is 1. The van der Waals surface area contributed by atoms with E-state index in [0.29, 0.717) is 10.8 Å². The highest BCUT2D eigenvalue weighted by Crippen LogP contribution is 2.66. The van der Waals surface area contributed by atoms with Crippen molar-refractivity contribution in [3.8, 4) is 0 Å². The fourth-order valence-electron chi connectivity index (χ4n) is 7.34. The Labute approximate surface area is 163 Å². The predicted octanol–water partition coefficient (Wildman–Crippen LogP) is 5.79. The van der Waals surface area contributed by atoms with E-state index in [9.17, 15) is 5.11 Å². The molecule has 0 unspecified atom stereocenters. The minimum absolute atomic E-state index is 0.298. The van der Waals surface area contributed by atoms with Gasteiger partial charge in [0.1, 0.15) is 0 Å². The zero-order valence-electron chi connectivity index (χ0n) is 17.0. The Morgan fingerprint density at radius 3 is 2.63 bits per heavy atom. The van der Waals surface area contributed by atoms with Gasteiger partial charge >= 0.3 is 0 Å². The van der Waals surface area contributed by atoms with E-state index in [4.69, 9.17) is 0 Å². The Morgan fingerprint density at radius 1 is 1.00 bits per heavy atom. The summed E-state index contributed by atoms with van der Waals surface area (Å²) in [6.07, 6.45) is 17.0. The molecule has 1 aromatic rings. The second-order valence-corrected chi connectivity index (χ2v) is 10.5. The summed E-state index contributed by atoms with van der Waals surface area (Å²) in [5.74, 6) is 2.32. The van der Waals surface area contributed by atoms with E-state index in [0.717, 1.165) is 37.0 Å². The van der Waals surface area contributed by atoms with Gasteiger partial charge in [0.15, 0.2) is 0 Å². The fraction of sp³-hybridized carbons (Fsp3) is 0.640. The van der Waals surface area contributed by atoms with Crippen LogP contribution in [0.25, 0.3) is 5.57 Å². The van der Waals surface area contributed by atoms with Crippen LogP contribution in [0.5, 0.6) is 0 Å². The van der Waals surface area contributed by atoms with Gasteiger partial charge in [-0.25, -0.2) is 0 Å². The number of aromatic nitrogens is 1. The van der Waals surface area contributed by atoms with Gasteiger partial charge in [-0.2, -0.15) is 0 Å². The molecule has 2 nitrogen and oxygen atoms in total. The normalized spacial score (nSPS) is 46.0. The standard InChI is InChI=1S/C25H33NO/c1-23(27)12-13-24(2)18(15-23)6-7-19-21-9-8-20(17-5-4-14-26-16-17)25(21,3)11-10-22(19)24/h4-6,8,14,16,19,21-22,27H,7,9-13,15H2,1-3H3/t19-,21-,22-,23+,24-,25+/m0/s1. The second kappa shape index (κ2) is 5.80. The van der Waals surface area contributed by atoms with Gasteiger partial charge in [0, 0.05) is 12.4 Å². The highest BCUT2D eigenvalue weighted by Gasteiger charge is 2.57. The van der Waals surface area contributed by atoms with Crippen LogP contribution >= 0.6 is 0 Å². The summed E-state index contributed by atoms with van der Waals surface area (Å²) in [5, 5.41) is 10.6. The third kappa shape index (κ3) is 2.52. The van der Waals surface area contributed by atoms with E-state index in [1.54, 1.807) is 11.1 Å². The molecule has 1 aromatic heterocycles. The lowest BCUT2D eigenvalue weighted by Crippen LogP contribution is -2.51. The lowest BCUT2D eigenvalue weighted by molar-refractivity contribution is -0.0486. The van der Waals surface area contributed by atoms with E-state index in [2.05, 4.69) is 49.3 Å². The number of hydrogen-bond donors (Lipinski definition) is 1. The van der Waals surface area contributed by atoms with Crippen molar-refractivity contribution in [2.45, 2.75) is 71.3 Å². The Balaban J connectivity index is 1.47. The van der Waals surface area contributed by atoms with Crippen molar-refractivity contribution in [1.82, 2.24) is 4.98 Å². The SMILES string of the molecule is C[C@@]1(O)CC[C@@]2(C)C(=CC[C@@H]3[C@@H]2CC[C@]2(C)C(c4cccnc4)=CC[C@@H]32)C1. The average molecular weight is 364 g/mol. The van der Waals surface area contributed by atoms with Crippen molar-refractivity contribution < 1.29 is 5.11 Å². The first-order valence-electron chi connectivity index (χ1n) is 10.9. The summed E-state index contributed by atoms with van der Waals surface area (Å²) in [6, 6.07) is 4.31. The minimum Gasteiger partial charge on any atom is -0.390 e. The summed E-state index contributed by atoms with van der Waals surface area (Å²) in [4.78, 5) is 4.38. The smallest absolute Gasteiger partial charge is 0.0657 e. The molecule has 4 aliphatic rings. The Hall–Kier alpha value is -1.41. The molecule has 2 heteroatoms. The van der Waals surface area contributed by atoms with E-state index < -0.39 is 5.60 Å². The van der Waals surface area contributed by atoms with Crippen LogP contribution in [-0.2, 0) is 0 Å². The molecule has 1 heterocycles. The van der Waals surface area contributed by atoms with Crippen LogP contribution < -0.4 is 0 Å². The lowest BCUT2D eigenvalue weighted by Gasteiger charge is -2.58. The molecule has 2 saturated carbocycles. The third-order valence-corrected chi connectivity index (χ3v) is 8.93. The van der Waals surface area contributed by atoms with Crippen molar-refractivity contribution in [3.63, 3.8) is 0 Å². The van der Waals surface area contributed by atoms with Gasteiger partial charge in [0.2, 0.25) is 0 Å². The molecule has 0 bridgehead atoms. The quantitative estimate of drug-likeness (QED) is 0.641. The minimum atomic E-state index is -0.496. The number of allylic oxidation sites excluding steroid dienone is 3. The molecule has 0 radical (unpaired) electrons. The summed E-state index contributed by atoms with van der Waals surface area (Å²) in [5.41, 5.74) is 4.54. The topological polar surface area (TPSA) is 33.1 Å². The number of aliphatic hydroxyl groups is 1. The molecule has 0 amide bonds. The van der Waals surface area contributed by atoms with Crippen LogP contribution in [0.1, 0.15) is 71.3 Å². The molecule has 0 saturated heterocycles. The maximum absolute atomic E-state index is 10.6. The number of pyridine rings is 1. The van der Waals surface area contributed by atoms with Crippen LogP contribution in [0.15, 0.2) is 42.3 Å². The third-order valence-electron chi connectivity index (χ3n) is 8.93. The van der Waals surface area contributed by atoms with E-state index in [1.807, 2.05) is 13.1 Å². The molecule has 0 aliphatic heterocycles. The highest BCUT2D eigenvalue weighted by molar-refractivity contribution is 5.72. The van der Waals surface area contributed by atoms with Crippen LogP contribution in [0.4, 0.5) is 0 Å². The largest absolute Gasteiger partial charge is 0.390 e. The zero-order valence-corrected chi connectivity index (χ0v) is 17.0. The van der Waals surface area contributed by atoms with Crippen LogP contribution in [0.2, 0.25) is 0 Å². The molecule has 0 spiro atoms. The van der Waals surface area contributed by atoms with E-state index >= 15 is 0 Å². The van der Waals surface area contributed by atoms with Crippen molar-refractivity contribution in [2.24, 2.45) is 28.6 Å². The van der Waals surface area contributed by atoms with Gasteiger partial charge in [-0.3, -0.25) is 4.98 Å². The molecular weight excluding hydrogens is 330 g/mol. The van der Waals surface area contributed by atoms with Crippen molar-refractivity contribution in [1.29, 1.82) is 0 Å². The van der Waals surface area contributed by atoms with Crippen LogP contribution in [0, 0.1) is 28.6 Å². The van der Waals surface area contributed by atoms with Gasteiger partial charge in [0.05, 0.1) is 5.60 Å². The first-order chi connectivity index (χ1) is 12.8. The first-order valence-corrected chi connectivity index (χ1v) is 10.9. The molecule has 0 aromatic carbocycles. The molecule has 2 fully saturated rings. The van der Waals surface area contributed by atoms with Gasteiger partial charge < -0.3 is 5.11 Å². The molecular formula is C25H33NO. The molecule has 6 atom stereocenters. The fourth-order valence-corrected chi connectivity index (χ4v) is 7.34. The monoisotopic (exact) mass is 363 g/mol. The summed E-state index contributed by atoms with van der Waals surface area (Å²) < 4.78 is 0. The molecule has 1 N–H and O–H groups in total. The molecule has 4 aliphatic carbocycles. The Bertz CT molecular complexity index is 807. The summed E-state index contributed by atoms with van der Waals surface area (Å²) >= 11 is 0. The zero-order chi connectivity index (χ0) is 18.9. The molecule has 5 rings (SSSR count).